The zero-order chi connectivity index (χ0) is 18.0. The molecule has 2 aromatic carbocycles. The third-order valence-electron chi connectivity index (χ3n) is 4.24. The third kappa shape index (κ3) is 3.59. The van der Waals surface area contributed by atoms with Crippen molar-refractivity contribution >= 4 is 23.4 Å². The molecule has 1 amide bonds. The number of primary amides is 1. The Balaban J connectivity index is 2.37. The van der Waals surface area contributed by atoms with Crippen molar-refractivity contribution in [2.75, 3.05) is 0 Å². The van der Waals surface area contributed by atoms with Crippen molar-refractivity contribution in [2.24, 2.45) is 5.73 Å². The molecule has 2 rings (SSSR count). The van der Waals surface area contributed by atoms with Crippen LogP contribution in [0.25, 0.3) is 0 Å². The summed E-state index contributed by atoms with van der Waals surface area (Å²) in [6, 6.07) is 6.54. The molecule has 0 heterocycles. The molecule has 0 bridgehead atoms. The minimum atomic E-state index is -0.668. The molecule has 0 saturated carbocycles. The van der Waals surface area contributed by atoms with E-state index in [0.29, 0.717) is 11.3 Å². The fraction of sp³-hybridized carbons (Fsp3) is 0.278. The van der Waals surface area contributed by atoms with Gasteiger partial charge in [0.25, 0.3) is 5.69 Å². The number of hydrogen-bond acceptors (Lipinski definition) is 4. The van der Waals surface area contributed by atoms with Crippen molar-refractivity contribution in [1.82, 2.24) is 0 Å². The Morgan fingerprint density at radius 2 is 1.71 bits per heavy atom. The molecule has 0 fully saturated rings. The number of benzene rings is 2. The normalized spacial score (nSPS) is 10.7. The number of nitro groups is 1. The van der Waals surface area contributed by atoms with Gasteiger partial charge in [-0.25, -0.2) is 0 Å². The molecule has 0 spiro atoms. The van der Waals surface area contributed by atoms with Gasteiger partial charge in [0, 0.05) is 27.8 Å². The number of thioether (sulfide) groups is 1. The minimum Gasteiger partial charge on any atom is -0.366 e. The molecular weight excluding hydrogens is 324 g/mol. The Labute approximate surface area is 145 Å². The van der Waals surface area contributed by atoms with Gasteiger partial charge in [-0.2, -0.15) is 0 Å². The molecule has 2 N–H and O–H groups in total. The van der Waals surface area contributed by atoms with Crippen LogP contribution in [0.4, 0.5) is 5.69 Å². The topological polar surface area (TPSA) is 86.2 Å². The van der Waals surface area contributed by atoms with Crippen LogP contribution >= 0.6 is 11.8 Å². The molecule has 126 valence electrons. The minimum absolute atomic E-state index is 0.0709. The second-order valence-electron chi connectivity index (χ2n) is 5.84. The quantitative estimate of drug-likeness (QED) is 0.500. The maximum atomic E-state index is 11.3. The van der Waals surface area contributed by atoms with Crippen molar-refractivity contribution in [3.63, 3.8) is 0 Å². The molecule has 0 unspecified atom stereocenters. The van der Waals surface area contributed by atoms with E-state index < -0.39 is 10.8 Å². The van der Waals surface area contributed by atoms with Crippen LogP contribution in [0, 0.1) is 37.8 Å². The predicted octanol–water partition coefficient (Wildman–Crippen LogP) is 4.22. The number of amides is 1. The van der Waals surface area contributed by atoms with Crippen LogP contribution in [-0.2, 0) is 5.75 Å². The number of carbonyl (C=O) groups excluding carboxylic acids is 1. The highest BCUT2D eigenvalue weighted by Crippen LogP contribution is 2.35. The second-order valence-corrected chi connectivity index (χ2v) is 6.83. The van der Waals surface area contributed by atoms with E-state index in [1.807, 2.05) is 0 Å². The fourth-order valence-electron chi connectivity index (χ4n) is 2.56. The molecule has 24 heavy (non-hydrogen) atoms. The van der Waals surface area contributed by atoms with Crippen molar-refractivity contribution in [1.29, 1.82) is 0 Å². The van der Waals surface area contributed by atoms with Gasteiger partial charge in [-0.05, 0) is 56.0 Å². The molecule has 0 atom stereocenters. The molecule has 2 aromatic rings. The number of aryl methyl sites for hydroxylation is 2. The van der Waals surface area contributed by atoms with Crippen molar-refractivity contribution in [3.8, 4) is 0 Å². The van der Waals surface area contributed by atoms with E-state index in [1.165, 1.54) is 34.4 Å². The zero-order valence-electron chi connectivity index (χ0n) is 14.2. The average molecular weight is 344 g/mol. The summed E-state index contributed by atoms with van der Waals surface area (Å²) in [6.45, 7) is 8.26. The lowest BCUT2D eigenvalue weighted by Crippen LogP contribution is -2.11. The number of nitrogens with zero attached hydrogens (tertiary/aromatic N) is 1. The van der Waals surface area contributed by atoms with E-state index in [2.05, 4.69) is 33.8 Å². The molecule has 0 saturated heterocycles. The maximum Gasteiger partial charge on any atom is 0.274 e. The van der Waals surface area contributed by atoms with E-state index in [9.17, 15) is 14.9 Å². The molecule has 0 aliphatic heterocycles. The summed E-state index contributed by atoms with van der Waals surface area (Å²) < 4.78 is 0. The van der Waals surface area contributed by atoms with Gasteiger partial charge in [-0.1, -0.05) is 12.1 Å². The number of nitrogens with two attached hydrogens (primary N) is 1. The number of carbonyl (C=O) groups is 1. The van der Waals surface area contributed by atoms with Crippen LogP contribution in [0.15, 0.2) is 29.2 Å². The summed E-state index contributed by atoms with van der Waals surface area (Å²) in [5.41, 5.74) is 10.7. The highest BCUT2D eigenvalue weighted by molar-refractivity contribution is 7.98. The summed E-state index contributed by atoms with van der Waals surface area (Å²) in [6.07, 6.45) is 0. The lowest BCUT2D eigenvalue weighted by atomic mass is 10.0. The molecule has 0 radical (unpaired) electrons. The van der Waals surface area contributed by atoms with Crippen LogP contribution in [-0.4, -0.2) is 10.8 Å². The second kappa shape index (κ2) is 7.05. The monoisotopic (exact) mass is 344 g/mol. The first-order valence-electron chi connectivity index (χ1n) is 7.49. The van der Waals surface area contributed by atoms with Crippen molar-refractivity contribution in [2.45, 2.75) is 38.3 Å². The lowest BCUT2D eigenvalue weighted by Gasteiger charge is -2.15. The van der Waals surface area contributed by atoms with E-state index in [-0.39, 0.29) is 11.3 Å². The maximum absolute atomic E-state index is 11.3. The Morgan fingerprint density at radius 1 is 1.12 bits per heavy atom. The Kier molecular flexibility index (Phi) is 5.29. The van der Waals surface area contributed by atoms with Crippen LogP contribution in [0.2, 0.25) is 0 Å². The lowest BCUT2D eigenvalue weighted by molar-refractivity contribution is -0.385. The molecule has 0 aromatic heterocycles. The molecule has 0 aliphatic carbocycles. The zero-order valence-corrected chi connectivity index (χ0v) is 15.0. The van der Waals surface area contributed by atoms with Gasteiger partial charge in [-0.3, -0.25) is 14.9 Å². The first-order valence-corrected chi connectivity index (χ1v) is 8.48. The van der Waals surface area contributed by atoms with Crippen LogP contribution in [0.3, 0.4) is 0 Å². The average Bonchev–Trinajstić information content (AvgIpc) is 2.52. The molecular formula is C18H20N2O3S. The van der Waals surface area contributed by atoms with E-state index in [4.69, 9.17) is 5.73 Å². The summed E-state index contributed by atoms with van der Waals surface area (Å²) in [5.74, 6) is -0.210. The number of rotatable bonds is 5. The van der Waals surface area contributed by atoms with Gasteiger partial charge in [0.1, 0.15) is 0 Å². The van der Waals surface area contributed by atoms with Gasteiger partial charge in [0.05, 0.1) is 4.92 Å². The molecule has 6 heteroatoms. The van der Waals surface area contributed by atoms with Crippen molar-refractivity contribution in [3.05, 3.63) is 67.8 Å². The van der Waals surface area contributed by atoms with Crippen molar-refractivity contribution < 1.29 is 9.72 Å². The van der Waals surface area contributed by atoms with Gasteiger partial charge in [-0.15, -0.1) is 11.8 Å². The summed E-state index contributed by atoms with van der Waals surface area (Å²) in [4.78, 5) is 23.2. The number of hydrogen-bond donors (Lipinski definition) is 1. The van der Waals surface area contributed by atoms with Crippen LogP contribution in [0.1, 0.15) is 38.2 Å². The smallest absolute Gasteiger partial charge is 0.274 e. The summed E-state index contributed by atoms with van der Waals surface area (Å²) in [7, 11) is 0. The SMILES string of the molecule is Cc1cc(C)c(C)c(SCc2ccc(C(N)=O)cc2[N+](=O)[O-])c1C. The Hall–Kier alpha value is -2.34. The highest BCUT2D eigenvalue weighted by Gasteiger charge is 2.18. The van der Waals surface area contributed by atoms with Crippen LogP contribution < -0.4 is 5.73 Å². The molecule has 5 nitrogen and oxygen atoms in total. The third-order valence-corrected chi connectivity index (χ3v) is 5.59. The highest BCUT2D eigenvalue weighted by atomic mass is 32.2. The standard InChI is InChI=1S/C18H20N2O3S/c1-10-7-11(2)13(4)17(12(10)3)24-9-15-6-5-14(18(19)21)8-16(15)20(22)23/h5-8H,9H2,1-4H3,(H2,19,21). The summed E-state index contributed by atoms with van der Waals surface area (Å²) >= 11 is 1.58. The summed E-state index contributed by atoms with van der Waals surface area (Å²) in [5, 5.41) is 11.3. The first-order chi connectivity index (χ1) is 11.2. The largest absolute Gasteiger partial charge is 0.366 e. The van der Waals surface area contributed by atoms with E-state index >= 15 is 0 Å². The molecule has 0 aliphatic rings. The van der Waals surface area contributed by atoms with E-state index in [0.717, 1.165) is 4.90 Å². The predicted molar refractivity (Wildman–Crippen MR) is 96.6 cm³/mol. The van der Waals surface area contributed by atoms with Crippen LogP contribution in [0.5, 0.6) is 0 Å². The Morgan fingerprint density at radius 3 is 2.21 bits per heavy atom. The van der Waals surface area contributed by atoms with E-state index in [1.54, 1.807) is 17.8 Å². The van der Waals surface area contributed by atoms with Gasteiger partial charge in [0.2, 0.25) is 5.91 Å². The van der Waals surface area contributed by atoms with Gasteiger partial charge < -0.3 is 5.73 Å². The Bertz CT molecular complexity index is 805. The fourth-order valence-corrected chi connectivity index (χ4v) is 3.86. The number of nitro benzene ring substituents is 1. The first kappa shape index (κ1) is 18.0. The van der Waals surface area contributed by atoms with Gasteiger partial charge in [0.15, 0.2) is 0 Å². The van der Waals surface area contributed by atoms with Gasteiger partial charge >= 0.3 is 0 Å².